The molecule has 1 aromatic rings. The molecular weight excluding hydrogens is 192 g/mol. The average molecular weight is 210 g/mol. The zero-order valence-electron chi connectivity index (χ0n) is 9.15. The van der Waals surface area contributed by atoms with Gasteiger partial charge >= 0.3 is 0 Å². The van der Waals surface area contributed by atoms with Crippen molar-refractivity contribution in [1.29, 1.82) is 0 Å². The van der Waals surface area contributed by atoms with E-state index in [0.717, 1.165) is 50.7 Å². The second-order valence-corrected chi connectivity index (χ2v) is 4.06. The number of likely N-dealkylation sites (tertiary alicyclic amines) is 1. The van der Waals surface area contributed by atoms with E-state index >= 15 is 0 Å². The van der Waals surface area contributed by atoms with Crippen molar-refractivity contribution in [1.82, 2.24) is 15.1 Å². The highest BCUT2D eigenvalue weighted by molar-refractivity contribution is 4.83. The molecule has 0 radical (unpaired) electrons. The quantitative estimate of drug-likeness (QED) is 0.789. The number of aryl methyl sites for hydroxylation is 1. The largest absolute Gasteiger partial charge is 0.424 e. The van der Waals surface area contributed by atoms with Gasteiger partial charge in [-0.1, -0.05) is 6.92 Å². The number of aromatic nitrogens is 2. The zero-order chi connectivity index (χ0) is 10.7. The Morgan fingerprint density at radius 1 is 1.33 bits per heavy atom. The van der Waals surface area contributed by atoms with Crippen molar-refractivity contribution in [2.45, 2.75) is 38.8 Å². The molecule has 1 fully saturated rings. The molecule has 0 spiro atoms. The number of nitrogens with zero attached hydrogens (tertiary/aromatic N) is 3. The van der Waals surface area contributed by atoms with Crippen molar-refractivity contribution in [2.75, 3.05) is 13.1 Å². The first-order valence-electron chi connectivity index (χ1n) is 5.57. The van der Waals surface area contributed by atoms with Gasteiger partial charge in [-0.15, -0.1) is 10.2 Å². The molecular formula is C10H18N4O. The van der Waals surface area contributed by atoms with Crippen LogP contribution in [0.25, 0.3) is 0 Å². The molecule has 1 aliphatic heterocycles. The summed E-state index contributed by atoms with van der Waals surface area (Å²) >= 11 is 0. The van der Waals surface area contributed by atoms with E-state index in [1.54, 1.807) is 0 Å². The first-order chi connectivity index (χ1) is 7.28. The van der Waals surface area contributed by atoms with Crippen LogP contribution in [0, 0.1) is 0 Å². The van der Waals surface area contributed by atoms with Gasteiger partial charge in [-0.05, 0) is 12.8 Å². The molecule has 1 aliphatic rings. The number of nitrogens with two attached hydrogens (primary N) is 1. The van der Waals surface area contributed by atoms with E-state index in [9.17, 15) is 0 Å². The molecule has 15 heavy (non-hydrogen) atoms. The SMILES string of the molecule is CCc1nnc(CN2CCC(N)CC2)o1. The highest BCUT2D eigenvalue weighted by Gasteiger charge is 2.17. The third-order valence-electron chi connectivity index (χ3n) is 2.80. The molecule has 0 aromatic carbocycles. The van der Waals surface area contributed by atoms with Gasteiger partial charge in [0.2, 0.25) is 11.8 Å². The summed E-state index contributed by atoms with van der Waals surface area (Å²) in [7, 11) is 0. The molecule has 2 N–H and O–H groups in total. The Morgan fingerprint density at radius 3 is 2.60 bits per heavy atom. The molecule has 0 saturated carbocycles. The summed E-state index contributed by atoms with van der Waals surface area (Å²) < 4.78 is 5.47. The molecule has 0 aliphatic carbocycles. The van der Waals surface area contributed by atoms with Gasteiger partial charge in [0, 0.05) is 25.6 Å². The maximum absolute atomic E-state index is 5.84. The molecule has 0 bridgehead atoms. The summed E-state index contributed by atoms with van der Waals surface area (Å²) in [5, 5.41) is 7.96. The van der Waals surface area contributed by atoms with Crippen LogP contribution in [-0.2, 0) is 13.0 Å². The fourth-order valence-corrected chi connectivity index (χ4v) is 1.80. The lowest BCUT2D eigenvalue weighted by atomic mass is 10.1. The van der Waals surface area contributed by atoms with E-state index in [4.69, 9.17) is 10.2 Å². The van der Waals surface area contributed by atoms with E-state index in [-0.39, 0.29) is 0 Å². The number of rotatable bonds is 3. The Balaban J connectivity index is 1.86. The molecule has 5 heteroatoms. The van der Waals surface area contributed by atoms with Crippen LogP contribution in [0.15, 0.2) is 4.42 Å². The van der Waals surface area contributed by atoms with Crippen molar-refractivity contribution in [3.05, 3.63) is 11.8 Å². The summed E-state index contributed by atoms with van der Waals surface area (Å²) in [6, 6.07) is 0.370. The fraction of sp³-hybridized carbons (Fsp3) is 0.800. The van der Waals surface area contributed by atoms with Gasteiger partial charge in [0.15, 0.2) is 0 Å². The lowest BCUT2D eigenvalue weighted by molar-refractivity contribution is 0.187. The van der Waals surface area contributed by atoms with Crippen LogP contribution in [0.5, 0.6) is 0 Å². The maximum Gasteiger partial charge on any atom is 0.230 e. The van der Waals surface area contributed by atoms with Gasteiger partial charge in [0.25, 0.3) is 0 Å². The fourth-order valence-electron chi connectivity index (χ4n) is 1.80. The summed E-state index contributed by atoms with van der Waals surface area (Å²) in [6.07, 6.45) is 2.93. The van der Waals surface area contributed by atoms with Gasteiger partial charge in [-0.2, -0.15) is 0 Å². The Hall–Kier alpha value is -0.940. The highest BCUT2D eigenvalue weighted by Crippen LogP contribution is 2.11. The smallest absolute Gasteiger partial charge is 0.230 e. The molecule has 2 heterocycles. The van der Waals surface area contributed by atoms with Crippen LogP contribution < -0.4 is 5.73 Å². The Labute approximate surface area is 89.6 Å². The topological polar surface area (TPSA) is 68.2 Å². The van der Waals surface area contributed by atoms with Gasteiger partial charge in [-0.3, -0.25) is 4.90 Å². The van der Waals surface area contributed by atoms with E-state index in [0.29, 0.717) is 6.04 Å². The van der Waals surface area contributed by atoms with Crippen molar-refractivity contribution in [3.8, 4) is 0 Å². The summed E-state index contributed by atoms with van der Waals surface area (Å²) in [4.78, 5) is 2.32. The first kappa shape index (κ1) is 10.6. The Morgan fingerprint density at radius 2 is 2.00 bits per heavy atom. The van der Waals surface area contributed by atoms with Crippen molar-refractivity contribution in [3.63, 3.8) is 0 Å². The van der Waals surface area contributed by atoms with Crippen molar-refractivity contribution in [2.24, 2.45) is 5.73 Å². The van der Waals surface area contributed by atoms with Gasteiger partial charge in [0.1, 0.15) is 0 Å². The number of hydrogen-bond acceptors (Lipinski definition) is 5. The van der Waals surface area contributed by atoms with E-state index < -0.39 is 0 Å². The van der Waals surface area contributed by atoms with E-state index in [1.807, 2.05) is 6.92 Å². The summed E-state index contributed by atoms with van der Waals surface area (Å²) in [5.74, 6) is 1.45. The van der Waals surface area contributed by atoms with E-state index in [1.165, 1.54) is 0 Å². The molecule has 0 unspecified atom stereocenters. The second-order valence-electron chi connectivity index (χ2n) is 4.06. The van der Waals surface area contributed by atoms with Gasteiger partial charge < -0.3 is 10.2 Å². The predicted octanol–water partition coefficient (Wildman–Crippen LogP) is 0.555. The molecule has 2 rings (SSSR count). The third-order valence-corrected chi connectivity index (χ3v) is 2.80. The molecule has 0 atom stereocenters. The van der Waals surface area contributed by atoms with Crippen molar-refractivity contribution < 1.29 is 4.42 Å². The molecule has 1 aromatic heterocycles. The van der Waals surface area contributed by atoms with E-state index in [2.05, 4.69) is 15.1 Å². The van der Waals surface area contributed by atoms with Crippen LogP contribution in [0.1, 0.15) is 31.5 Å². The second kappa shape index (κ2) is 4.72. The first-order valence-corrected chi connectivity index (χ1v) is 5.57. The van der Waals surface area contributed by atoms with Crippen LogP contribution in [0.4, 0.5) is 0 Å². The van der Waals surface area contributed by atoms with Crippen molar-refractivity contribution >= 4 is 0 Å². The molecule has 5 nitrogen and oxygen atoms in total. The maximum atomic E-state index is 5.84. The van der Waals surface area contributed by atoms with Crippen LogP contribution >= 0.6 is 0 Å². The zero-order valence-corrected chi connectivity index (χ0v) is 9.15. The normalized spacial score (nSPS) is 19.6. The van der Waals surface area contributed by atoms with Crippen LogP contribution in [-0.4, -0.2) is 34.2 Å². The highest BCUT2D eigenvalue weighted by atomic mass is 16.4. The third kappa shape index (κ3) is 2.76. The lowest BCUT2D eigenvalue weighted by Crippen LogP contribution is -2.39. The summed E-state index contributed by atoms with van der Waals surface area (Å²) in [5.41, 5.74) is 5.84. The molecule has 0 amide bonds. The monoisotopic (exact) mass is 210 g/mol. The van der Waals surface area contributed by atoms with Crippen LogP contribution in [0.2, 0.25) is 0 Å². The lowest BCUT2D eigenvalue weighted by Gasteiger charge is -2.28. The van der Waals surface area contributed by atoms with Crippen LogP contribution in [0.3, 0.4) is 0 Å². The summed E-state index contributed by atoms with van der Waals surface area (Å²) in [6.45, 7) is 4.84. The predicted molar refractivity (Wildman–Crippen MR) is 56.2 cm³/mol. The minimum atomic E-state index is 0.370. The molecule has 84 valence electrons. The minimum absolute atomic E-state index is 0.370. The Kier molecular flexibility index (Phi) is 3.33. The average Bonchev–Trinajstić information content (AvgIpc) is 2.69. The number of piperidine rings is 1. The minimum Gasteiger partial charge on any atom is -0.424 e. The van der Waals surface area contributed by atoms with Gasteiger partial charge in [-0.25, -0.2) is 0 Å². The van der Waals surface area contributed by atoms with Gasteiger partial charge in [0.05, 0.1) is 6.54 Å². The Bertz CT molecular complexity index is 304. The molecule has 1 saturated heterocycles. The number of hydrogen-bond donors (Lipinski definition) is 1. The standard InChI is InChI=1S/C10H18N4O/c1-2-9-12-13-10(15-9)7-14-5-3-8(11)4-6-14/h8H,2-7,11H2,1H3.